The van der Waals surface area contributed by atoms with E-state index in [1.165, 1.54) is 55.6 Å². The Bertz CT molecular complexity index is 1000. The molecule has 0 unspecified atom stereocenters. The number of allylic oxidation sites excluding steroid dienone is 10. The molecule has 2 heterocycles. The number of aromatic nitrogens is 2. The number of hydrogen-bond donors (Lipinski definition) is 0. The van der Waals surface area contributed by atoms with Gasteiger partial charge in [-0.05, 0) is 62.2 Å². The Labute approximate surface area is 226 Å². The van der Waals surface area contributed by atoms with Crippen LogP contribution in [0.5, 0.6) is 0 Å². The van der Waals surface area contributed by atoms with Gasteiger partial charge in [0.2, 0.25) is 5.95 Å². The molecule has 4 rings (SSSR count). The number of nitrogens with zero attached hydrogens (tertiary/aromatic N) is 4. The van der Waals surface area contributed by atoms with Gasteiger partial charge in [0.1, 0.15) is 0 Å². The van der Waals surface area contributed by atoms with Crippen LogP contribution in [0.1, 0.15) is 77.0 Å². The zero-order chi connectivity index (χ0) is 26.5. The lowest BCUT2D eigenvalue weighted by atomic mass is 9.91. The Morgan fingerprint density at radius 1 is 1.05 bits per heavy atom. The van der Waals surface area contributed by atoms with Crippen molar-refractivity contribution in [1.29, 1.82) is 0 Å². The van der Waals surface area contributed by atoms with Crippen molar-refractivity contribution in [1.82, 2.24) is 14.9 Å². The molecule has 0 N–H and O–H groups in total. The summed E-state index contributed by atoms with van der Waals surface area (Å²) in [5.41, 5.74) is 5.98. The molecule has 1 aromatic rings. The first-order valence-electron chi connectivity index (χ1n) is 14.4. The fourth-order valence-corrected chi connectivity index (χ4v) is 4.81. The van der Waals surface area contributed by atoms with Crippen LogP contribution in [0.2, 0.25) is 0 Å². The van der Waals surface area contributed by atoms with Gasteiger partial charge in [-0.2, -0.15) is 0 Å². The van der Waals surface area contributed by atoms with Crippen molar-refractivity contribution < 1.29 is 0 Å². The zero-order valence-corrected chi connectivity index (χ0v) is 23.6. The van der Waals surface area contributed by atoms with Gasteiger partial charge in [0, 0.05) is 44.1 Å². The third-order valence-corrected chi connectivity index (χ3v) is 7.45. The van der Waals surface area contributed by atoms with E-state index in [1.807, 2.05) is 19.1 Å². The van der Waals surface area contributed by atoms with Gasteiger partial charge in [-0.15, -0.1) is 0 Å². The third-order valence-electron chi connectivity index (χ3n) is 7.45. The predicted molar refractivity (Wildman–Crippen MR) is 160 cm³/mol. The standard InChI is InChI=1S/C18H30N4.C15H18/c1-3-6-15-14-19-18(20-17(15)7-4-2)22-12-10-21(11-13-22)16-8-5-9-16;1-13(2)14(3)9-8-12-15-10-6-4-5-7-11-15/h14,16H,3-13H2,1-2H3;4-6,8-10,12H,1,3,7,11H2,2H3/b;9-8-,15-12-. The molecule has 37 heavy (non-hydrogen) atoms. The molecule has 2 fully saturated rings. The highest BCUT2D eigenvalue weighted by Crippen LogP contribution is 2.26. The van der Waals surface area contributed by atoms with Crippen LogP contribution in [-0.2, 0) is 12.8 Å². The maximum absolute atomic E-state index is 4.91. The quantitative estimate of drug-likeness (QED) is 0.327. The van der Waals surface area contributed by atoms with Crippen LogP contribution < -0.4 is 4.90 Å². The van der Waals surface area contributed by atoms with Gasteiger partial charge in [-0.25, -0.2) is 9.97 Å². The molecule has 4 heteroatoms. The Morgan fingerprint density at radius 2 is 1.81 bits per heavy atom. The van der Waals surface area contributed by atoms with Crippen molar-refractivity contribution in [3.05, 3.63) is 89.9 Å². The molecule has 3 aliphatic rings. The van der Waals surface area contributed by atoms with Crippen LogP contribution in [0.15, 0.2) is 78.6 Å². The average Bonchev–Trinajstić information content (AvgIpc) is 3.14. The summed E-state index contributed by atoms with van der Waals surface area (Å²) < 4.78 is 0. The van der Waals surface area contributed by atoms with Gasteiger partial charge in [0.15, 0.2) is 0 Å². The van der Waals surface area contributed by atoms with Crippen LogP contribution in [0.3, 0.4) is 0 Å². The number of hydrogen-bond acceptors (Lipinski definition) is 4. The molecule has 0 aromatic carbocycles. The van der Waals surface area contributed by atoms with E-state index in [-0.39, 0.29) is 0 Å². The monoisotopic (exact) mass is 500 g/mol. The molecular formula is C33H48N4. The second-order valence-electron chi connectivity index (χ2n) is 10.5. The van der Waals surface area contributed by atoms with Gasteiger partial charge in [-0.3, -0.25) is 4.90 Å². The minimum atomic E-state index is 0.866. The van der Waals surface area contributed by atoms with Crippen molar-refractivity contribution in [2.45, 2.75) is 84.6 Å². The van der Waals surface area contributed by atoms with E-state index in [0.29, 0.717) is 0 Å². The summed E-state index contributed by atoms with van der Waals surface area (Å²) in [6, 6.07) is 0.866. The van der Waals surface area contributed by atoms with Crippen LogP contribution in [0.25, 0.3) is 0 Å². The van der Waals surface area contributed by atoms with E-state index in [1.54, 1.807) is 0 Å². The summed E-state index contributed by atoms with van der Waals surface area (Å²) >= 11 is 0. The van der Waals surface area contributed by atoms with E-state index in [0.717, 1.165) is 68.3 Å². The first-order valence-corrected chi connectivity index (χ1v) is 14.4. The Balaban J connectivity index is 0.000000222. The maximum Gasteiger partial charge on any atom is 0.225 e. The van der Waals surface area contributed by atoms with Crippen molar-refractivity contribution in [3.63, 3.8) is 0 Å². The minimum Gasteiger partial charge on any atom is -0.338 e. The number of anilines is 1. The normalized spacial score (nSPS) is 19.4. The first-order chi connectivity index (χ1) is 18.0. The summed E-state index contributed by atoms with van der Waals surface area (Å²) in [7, 11) is 0. The highest BCUT2D eigenvalue weighted by atomic mass is 15.3. The van der Waals surface area contributed by atoms with E-state index < -0.39 is 0 Å². The van der Waals surface area contributed by atoms with Gasteiger partial charge in [0.05, 0.1) is 0 Å². The third kappa shape index (κ3) is 9.27. The summed E-state index contributed by atoms with van der Waals surface area (Å²) in [5, 5.41) is 0. The summed E-state index contributed by atoms with van der Waals surface area (Å²) in [4.78, 5) is 14.6. The van der Waals surface area contributed by atoms with E-state index in [9.17, 15) is 0 Å². The molecule has 2 aliphatic carbocycles. The molecule has 1 saturated heterocycles. The van der Waals surface area contributed by atoms with Gasteiger partial charge < -0.3 is 4.90 Å². The van der Waals surface area contributed by atoms with Gasteiger partial charge in [-0.1, -0.05) is 94.4 Å². The van der Waals surface area contributed by atoms with Crippen LogP contribution in [0.4, 0.5) is 5.95 Å². The SMILES string of the molecule is C=C(C)C(=C)/C=C\C=C1\C=CC=CCC1.CCCc1cnc(N2CCN(C3CCC3)CC2)nc1CCC. The minimum absolute atomic E-state index is 0.866. The molecule has 1 aromatic heterocycles. The molecule has 200 valence electrons. The second-order valence-corrected chi connectivity index (χ2v) is 10.5. The zero-order valence-electron chi connectivity index (χ0n) is 23.6. The number of piperazine rings is 1. The molecule has 0 spiro atoms. The van der Waals surface area contributed by atoms with Gasteiger partial charge in [0.25, 0.3) is 0 Å². The number of rotatable bonds is 9. The largest absolute Gasteiger partial charge is 0.338 e. The van der Waals surface area contributed by atoms with Crippen molar-refractivity contribution in [2.75, 3.05) is 31.1 Å². The summed E-state index contributed by atoms with van der Waals surface area (Å²) in [6.07, 6.45) is 27.7. The smallest absolute Gasteiger partial charge is 0.225 e. The molecule has 0 radical (unpaired) electrons. The van der Waals surface area contributed by atoms with Crippen LogP contribution >= 0.6 is 0 Å². The molecule has 0 bridgehead atoms. The lowest BCUT2D eigenvalue weighted by molar-refractivity contribution is 0.120. The van der Waals surface area contributed by atoms with E-state index in [4.69, 9.17) is 4.98 Å². The topological polar surface area (TPSA) is 32.3 Å². The Morgan fingerprint density at radius 3 is 2.46 bits per heavy atom. The van der Waals surface area contributed by atoms with E-state index >= 15 is 0 Å². The van der Waals surface area contributed by atoms with Crippen molar-refractivity contribution >= 4 is 5.95 Å². The predicted octanol–water partition coefficient (Wildman–Crippen LogP) is 7.56. The Kier molecular flexibility index (Phi) is 12.1. The first kappa shape index (κ1) is 28.8. The highest BCUT2D eigenvalue weighted by Gasteiger charge is 2.28. The molecule has 0 amide bonds. The fraction of sp³-hybridized carbons (Fsp3) is 0.515. The molecule has 4 nitrogen and oxygen atoms in total. The summed E-state index contributed by atoms with van der Waals surface area (Å²) in [5.74, 6) is 0.955. The van der Waals surface area contributed by atoms with E-state index in [2.05, 4.69) is 78.4 Å². The van der Waals surface area contributed by atoms with Crippen LogP contribution in [0, 0.1) is 0 Å². The molecule has 1 saturated carbocycles. The van der Waals surface area contributed by atoms with Gasteiger partial charge >= 0.3 is 0 Å². The lowest BCUT2D eigenvalue weighted by Crippen LogP contribution is -2.52. The van der Waals surface area contributed by atoms with Crippen molar-refractivity contribution in [3.8, 4) is 0 Å². The highest BCUT2D eigenvalue weighted by molar-refractivity contribution is 5.37. The number of aryl methyl sites for hydroxylation is 2. The molecule has 1 aliphatic heterocycles. The molecule has 0 atom stereocenters. The lowest BCUT2D eigenvalue weighted by Gasteiger charge is -2.43. The molecular weight excluding hydrogens is 452 g/mol. The average molecular weight is 501 g/mol. The Hall–Kier alpha value is -2.72. The summed E-state index contributed by atoms with van der Waals surface area (Å²) in [6.45, 7) is 18.7. The van der Waals surface area contributed by atoms with Crippen molar-refractivity contribution in [2.24, 2.45) is 0 Å². The fourth-order valence-electron chi connectivity index (χ4n) is 4.81. The maximum atomic E-state index is 4.91. The van der Waals surface area contributed by atoms with Crippen LogP contribution in [-0.4, -0.2) is 47.1 Å². The second kappa shape index (κ2) is 15.5.